The van der Waals surface area contributed by atoms with Crippen LogP contribution in [0, 0.1) is 0 Å². The van der Waals surface area contributed by atoms with E-state index in [-0.39, 0.29) is 0 Å². The molecule has 2 aromatic carbocycles. The number of ether oxygens (including phenoxy) is 2. The average Bonchev–Trinajstić information content (AvgIpc) is 2.69. The van der Waals surface area contributed by atoms with Gasteiger partial charge in [0.15, 0.2) is 5.11 Å². The van der Waals surface area contributed by atoms with E-state index >= 15 is 0 Å². The third-order valence-corrected chi connectivity index (χ3v) is 5.38. The molecule has 0 radical (unpaired) electrons. The van der Waals surface area contributed by atoms with Crippen LogP contribution in [-0.4, -0.2) is 50.4 Å². The molecule has 1 heterocycles. The molecule has 0 aromatic heterocycles. The predicted molar refractivity (Wildman–Crippen MR) is 116 cm³/mol. The summed E-state index contributed by atoms with van der Waals surface area (Å²) in [6.07, 6.45) is 0. The maximum absolute atomic E-state index is 6.16. The first kappa shape index (κ1) is 19.9. The van der Waals surface area contributed by atoms with Crippen molar-refractivity contribution in [2.45, 2.75) is 0 Å². The number of hydrogen-bond donors (Lipinski definition) is 1. The molecule has 0 aliphatic carbocycles. The van der Waals surface area contributed by atoms with Gasteiger partial charge in [0.25, 0.3) is 0 Å². The smallest absolute Gasteiger partial charge is 0.173 e. The maximum Gasteiger partial charge on any atom is 0.173 e. The number of methoxy groups -OCH3 is 2. The van der Waals surface area contributed by atoms with Crippen molar-refractivity contribution in [1.82, 2.24) is 4.90 Å². The molecule has 1 saturated heterocycles. The lowest BCUT2D eigenvalue weighted by Gasteiger charge is -2.37. The summed E-state index contributed by atoms with van der Waals surface area (Å²) in [5.41, 5.74) is 1.89. The predicted octanol–water partition coefficient (Wildman–Crippen LogP) is 4.53. The van der Waals surface area contributed by atoms with E-state index in [9.17, 15) is 0 Å². The molecule has 0 bridgehead atoms. The van der Waals surface area contributed by atoms with Crippen molar-refractivity contribution in [3.05, 3.63) is 46.4 Å². The minimum Gasteiger partial charge on any atom is -0.495 e. The Hall–Kier alpha value is -1.89. The molecule has 3 rings (SSSR count). The van der Waals surface area contributed by atoms with Gasteiger partial charge in [-0.3, -0.25) is 0 Å². The molecule has 1 aliphatic rings. The Kier molecular flexibility index (Phi) is 6.52. The van der Waals surface area contributed by atoms with Gasteiger partial charge in [-0.05, 0) is 36.5 Å². The fourth-order valence-corrected chi connectivity index (χ4v) is 3.62. The van der Waals surface area contributed by atoms with E-state index in [0.717, 1.165) is 36.9 Å². The zero-order valence-corrected chi connectivity index (χ0v) is 17.5. The fraction of sp³-hybridized carbons (Fsp3) is 0.316. The van der Waals surface area contributed by atoms with Crippen LogP contribution in [0.4, 0.5) is 11.4 Å². The summed E-state index contributed by atoms with van der Waals surface area (Å²) < 4.78 is 10.7. The van der Waals surface area contributed by atoms with Crippen LogP contribution in [0.15, 0.2) is 36.4 Å². The lowest BCUT2D eigenvalue weighted by molar-refractivity contribution is 0.389. The molecule has 2 aromatic rings. The first-order valence-electron chi connectivity index (χ1n) is 8.50. The van der Waals surface area contributed by atoms with Gasteiger partial charge in [-0.25, -0.2) is 0 Å². The molecule has 0 atom stereocenters. The van der Waals surface area contributed by atoms with E-state index in [0.29, 0.717) is 21.6 Å². The average molecular weight is 426 g/mol. The van der Waals surface area contributed by atoms with Gasteiger partial charge in [0.05, 0.1) is 24.9 Å². The largest absolute Gasteiger partial charge is 0.495 e. The van der Waals surface area contributed by atoms with Crippen molar-refractivity contribution in [3.8, 4) is 11.5 Å². The molecule has 0 spiro atoms. The number of nitrogens with one attached hydrogen (secondary N) is 1. The number of rotatable bonds is 4. The van der Waals surface area contributed by atoms with E-state index in [1.54, 1.807) is 26.4 Å². The van der Waals surface area contributed by atoms with Crippen molar-refractivity contribution in [2.75, 3.05) is 50.6 Å². The first-order valence-corrected chi connectivity index (χ1v) is 9.66. The van der Waals surface area contributed by atoms with Crippen molar-refractivity contribution in [1.29, 1.82) is 0 Å². The third kappa shape index (κ3) is 4.69. The Bertz CT molecular complexity index is 809. The van der Waals surface area contributed by atoms with E-state index in [1.165, 1.54) is 5.69 Å². The van der Waals surface area contributed by atoms with Crippen molar-refractivity contribution in [2.24, 2.45) is 0 Å². The lowest BCUT2D eigenvalue weighted by Crippen LogP contribution is -2.50. The summed E-state index contributed by atoms with van der Waals surface area (Å²) in [6.45, 7) is 3.40. The van der Waals surface area contributed by atoms with Crippen LogP contribution in [0.5, 0.6) is 11.5 Å². The summed E-state index contributed by atoms with van der Waals surface area (Å²) in [6, 6.07) is 11.4. The topological polar surface area (TPSA) is 37.0 Å². The number of hydrogen-bond acceptors (Lipinski definition) is 4. The highest BCUT2D eigenvalue weighted by molar-refractivity contribution is 7.80. The standard InChI is InChI=1S/C19H21Cl2N3O2S/c1-25-17-12-16(18(26-2)11-15(17)21)22-19(27)24-9-7-23(8-10-24)14-5-3-13(20)4-6-14/h3-6,11-12H,7-10H2,1-2H3,(H,22,27). The van der Waals surface area contributed by atoms with Crippen LogP contribution in [0.3, 0.4) is 0 Å². The highest BCUT2D eigenvalue weighted by Crippen LogP contribution is 2.36. The highest BCUT2D eigenvalue weighted by atomic mass is 35.5. The fourth-order valence-electron chi connectivity index (χ4n) is 2.97. The Morgan fingerprint density at radius 3 is 2.19 bits per heavy atom. The van der Waals surface area contributed by atoms with E-state index < -0.39 is 0 Å². The number of anilines is 2. The molecule has 0 amide bonds. The van der Waals surface area contributed by atoms with Gasteiger partial charge in [-0.1, -0.05) is 23.2 Å². The molecule has 1 N–H and O–H groups in total. The Morgan fingerprint density at radius 2 is 1.59 bits per heavy atom. The first-order chi connectivity index (χ1) is 13.0. The molecule has 8 heteroatoms. The van der Waals surface area contributed by atoms with Crippen LogP contribution < -0.4 is 19.7 Å². The Labute approximate surface area is 174 Å². The quantitative estimate of drug-likeness (QED) is 0.725. The van der Waals surface area contributed by atoms with Crippen molar-refractivity contribution < 1.29 is 9.47 Å². The van der Waals surface area contributed by atoms with Crippen LogP contribution in [0.1, 0.15) is 0 Å². The van der Waals surface area contributed by atoms with E-state index in [2.05, 4.69) is 15.1 Å². The number of piperazine rings is 1. The minimum atomic E-state index is 0.488. The molecule has 1 fully saturated rings. The van der Waals surface area contributed by atoms with Crippen molar-refractivity contribution >= 4 is 51.9 Å². The Balaban J connectivity index is 1.64. The Morgan fingerprint density at radius 1 is 0.963 bits per heavy atom. The molecular formula is C19H21Cl2N3O2S. The van der Waals surface area contributed by atoms with Gasteiger partial charge in [0.1, 0.15) is 11.5 Å². The SMILES string of the molecule is COc1cc(NC(=S)N2CCN(c3ccc(Cl)cc3)CC2)c(OC)cc1Cl. The summed E-state index contributed by atoms with van der Waals surface area (Å²) in [5, 5.41) is 5.13. The van der Waals surface area contributed by atoms with Gasteiger partial charge in [-0.2, -0.15) is 0 Å². The van der Waals surface area contributed by atoms with Gasteiger partial charge < -0.3 is 24.6 Å². The zero-order valence-electron chi connectivity index (χ0n) is 15.2. The second-order valence-corrected chi connectivity index (χ2v) is 7.30. The van der Waals surface area contributed by atoms with Crippen LogP contribution in [0.2, 0.25) is 10.0 Å². The number of benzene rings is 2. The molecular weight excluding hydrogens is 405 g/mol. The molecule has 0 unspecified atom stereocenters. The van der Waals surface area contributed by atoms with Crippen LogP contribution in [0.25, 0.3) is 0 Å². The summed E-state index contributed by atoms with van der Waals surface area (Å²) in [7, 11) is 3.17. The van der Waals surface area contributed by atoms with Gasteiger partial charge >= 0.3 is 0 Å². The highest BCUT2D eigenvalue weighted by Gasteiger charge is 2.20. The summed E-state index contributed by atoms with van der Waals surface area (Å²) in [4.78, 5) is 4.46. The van der Waals surface area contributed by atoms with Crippen molar-refractivity contribution in [3.63, 3.8) is 0 Å². The van der Waals surface area contributed by atoms with Gasteiger partial charge in [-0.15, -0.1) is 0 Å². The molecule has 27 heavy (non-hydrogen) atoms. The number of nitrogens with zero attached hydrogens (tertiary/aromatic N) is 2. The monoisotopic (exact) mass is 425 g/mol. The molecule has 144 valence electrons. The minimum absolute atomic E-state index is 0.488. The lowest BCUT2D eigenvalue weighted by atomic mass is 10.2. The summed E-state index contributed by atoms with van der Waals surface area (Å²) in [5.74, 6) is 1.18. The number of halogens is 2. The normalized spacial score (nSPS) is 14.1. The second kappa shape index (κ2) is 8.87. The molecule has 0 saturated carbocycles. The van der Waals surface area contributed by atoms with E-state index in [4.69, 9.17) is 44.9 Å². The summed E-state index contributed by atoms with van der Waals surface area (Å²) >= 11 is 17.7. The number of thiocarbonyl (C=S) groups is 1. The van der Waals surface area contributed by atoms with E-state index in [1.807, 2.05) is 24.3 Å². The molecule has 5 nitrogen and oxygen atoms in total. The van der Waals surface area contributed by atoms with Crippen LogP contribution in [-0.2, 0) is 0 Å². The van der Waals surface area contributed by atoms with Gasteiger partial charge in [0, 0.05) is 49.0 Å². The maximum atomic E-state index is 6.16. The van der Waals surface area contributed by atoms with Crippen LogP contribution >= 0.6 is 35.4 Å². The second-order valence-electron chi connectivity index (χ2n) is 6.07. The third-order valence-electron chi connectivity index (χ3n) is 4.47. The van der Waals surface area contributed by atoms with Gasteiger partial charge in [0.2, 0.25) is 0 Å². The molecule has 1 aliphatic heterocycles. The zero-order chi connectivity index (χ0) is 19.4.